The van der Waals surface area contributed by atoms with E-state index < -0.39 is 5.54 Å². The Morgan fingerprint density at radius 3 is 2.57 bits per heavy atom. The highest BCUT2D eigenvalue weighted by atomic mass is 35.5. The number of benzene rings is 1. The summed E-state index contributed by atoms with van der Waals surface area (Å²) in [6.45, 7) is 2.56. The van der Waals surface area contributed by atoms with E-state index in [1.807, 2.05) is 42.6 Å². The van der Waals surface area contributed by atoms with Gasteiger partial charge < -0.3 is 4.74 Å². The summed E-state index contributed by atoms with van der Waals surface area (Å²) >= 11 is 7.81. The predicted octanol–water partition coefficient (Wildman–Crippen LogP) is 3.85. The Labute approximate surface area is 139 Å². The smallest absolute Gasteiger partial charge is 0.336 e. The number of halogens is 2. The third-order valence-corrected chi connectivity index (χ3v) is 4.42. The molecule has 1 aromatic heterocycles. The average Bonchev–Trinajstić information content (AvgIpc) is 2.99. The number of carbonyl (C=O) groups is 1. The van der Waals surface area contributed by atoms with Gasteiger partial charge in [0.2, 0.25) is 0 Å². The van der Waals surface area contributed by atoms with Crippen LogP contribution >= 0.6 is 35.3 Å². The molecule has 2 aromatic rings. The van der Waals surface area contributed by atoms with E-state index in [0.717, 1.165) is 4.88 Å². The van der Waals surface area contributed by atoms with E-state index in [4.69, 9.17) is 16.3 Å². The Kier molecular flexibility index (Phi) is 6.68. The molecule has 6 heteroatoms. The molecule has 0 saturated carbocycles. The highest BCUT2D eigenvalue weighted by Gasteiger charge is 2.44. The van der Waals surface area contributed by atoms with Crippen LogP contribution in [0.2, 0.25) is 5.02 Å². The second-order valence-electron chi connectivity index (χ2n) is 4.23. The molecule has 0 spiro atoms. The Balaban J connectivity index is 0.00000220. The molecule has 1 atom stereocenters. The maximum absolute atomic E-state index is 12.5. The zero-order chi connectivity index (χ0) is 14.6. The molecular formula is C15H17Cl2NO2S. The van der Waals surface area contributed by atoms with Crippen LogP contribution in [0.25, 0.3) is 0 Å². The first-order valence-electron chi connectivity index (χ1n) is 6.29. The minimum absolute atomic E-state index is 0. The monoisotopic (exact) mass is 345 g/mol. The molecule has 0 fully saturated rings. The minimum atomic E-state index is -1.06. The topological polar surface area (TPSA) is 38.3 Å². The number of rotatable bonds is 5. The van der Waals surface area contributed by atoms with Crippen LogP contribution in [0, 0.1) is 0 Å². The Hall–Kier alpha value is -1.07. The van der Waals surface area contributed by atoms with Crippen LogP contribution in [0.1, 0.15) is 17.4 Å². The lowest BCUT2D eigenvalue weighted by Crippen LogP contribution is -2.50. The molecule has 1 heterocycles. The molecule has 1 aromatic carbocycles. The van der Waals surface area contributed by atoms with Gasteiger partial charge in [0, 0.05) is 15.5 Å². The molecule has 2 rings (SSSR count). The van der Waals surface area contributed by atoms with Crippen molar-refractivity contribution in [2.45, 2.75) is 12.5 Å². The van der Waals surface area contributed by atoms with Crippen molar-refractivity contribution in [3.63, 3.8) is 0 Å². The third kappa shape index (κ3) is 3.24. The van der Waals surface area contributed by atoms with Crippen LogP contribution in [0.15, 0.2) is 41.8 Å². The summed E-state index contributed by atoms with van der Waals surface area (Å²) in [6, 6.07) is 11.2. The van der Waals surface area contributed by atoms with Crippen molar-refractivity contribution in [3.05, 3.63) is 57.2 Å². The van der Waals surface area contributed by atoms with Crippen molar-refractivity contribution in [3.8, 4) is 0 Å². The van der Waals surface area contributed by atoms with Crippen molar-refractivity contribution in [1.29, 1.82) is 0 Å². The number of likely N-dealkylation sites (N-methyl/N-ethyl adjacent to an activating group) is 1. The van der Waals surface area contributed by atoms with Crippen molar-refractivity contribution in [1.82, 2.24) is 5.32 Å². The molecule has 0 saturated heterocycles. The molecule has 114 valence electrons. The van der Waals surface area contributed by atoms with Crippen molar-refractivity contribution >= 4 is 41.3 Å². The highest BCUT2D eigenvalue weighted by Crippen LogP contribution is 2.37. The molecule has 0 bridgehead atoms. The number of hydrogen-bond donors (Lipinski definition) is 1. The first-order chi connectivity index (χ1) is 9.66. The Morgan fingerprint density at radius 2 is 2.05 bits per heavy atom. The normalized spacial score (nSPS) is 13.1. The van der Waals surface area contributed by atoms with Gasteiger partial charge in [-0.05, 0) is 24.1 Å². The maximum atomic E-state index is 12.5. The van der Waals surface area contributed by atoms with E-state index in [2.05, 4.69) is 5.32 Å². The van der Waals surface area contributed by atoms with Crippen LogP contribution < -0.4 is 5.32 Å². The molecular weight excluding hydrogens is 329 g/mol. The van der Waals surface area contributed by atoms with E-state index in [1.165, 1.54) is 18.4 Å². The number of hydrogen-bond acceptors (Lipinski definition) is 4. The summed E-state index contributed by atoms with van der Waals surface area (Å²) in [5.74, 6) is -0.366. The van der Waals surface area contributed by atoms with Crippen molar-refractivity contribution < 1.29 is 9.53 Å². The van der Waals surface area contributed by atoms with Gasteiger partial charge in [0.15, 0.2) is 5.54 Å². The summed E-state index contributed by atoms with van der Waals surface area (Å²) in [5.41, 5.74) is -0.353. The van der Waals surface area contributed by atoms with E-state index in [0.29, 0.717) is 17.1 Å². The predicted molar refractivity (Wildman–Crippen MR) is 89.5 cm³/mol. The van der Waals surface area contributed by atoms with Crippen LogP contribution in [0.4, 0.5) is 0 Å². The summed E-state index contributed by atoms with van der Waals surface area (Å²) in [6.07, 6.45) is 0. The zero-order valence-electron chi connectivity index (χ0n) is 11.8. The second-order valence-corrected chi connectivity index (χ2v) is 5.58. The van der Waals surface area contributed by atoms with Gasteiger partial charge in [0.1, 0.15) is 0 Å². The zero-order valence-corrected chi connectivity index (χ0v) is 14.1. The number of esters is 1. The fraction of sp³-hybridized carbons (Fsp3) is 0.267. The molecule has 0 aliphatic heterocycles. The number of ether oxygens (including phenoxy) is 1. The Bertz CT molecular complexity index is 589. The third-order valence-electron chi connectivity index (χ3n) is 3.10. The van der Waals surface area contributed by atoms with Crippen LogP contribution in [-0.2, 0) is 15.1 Å². The molecule has 0 aliphatic rings. The number of nitrogens with one attached hydrogen (secondary N) is 1. The molecule has 1 unspecified atom stereocenters. The molecule has 21 heavy (non-hydrogen) atoms. The standard InChI is InChI=1S/C15H16ClNO2S.ClH/c1-3-17-15(14(18)19-2,13-9-6-10-20-13)11-7-4-5-8-12(11)16;/h4-10,17H,3H2,1-2H3;1H. The van der Waals surface area contributed by atoms with Gasteiger partial charge in [-0.2, -0.15) is 0 Å². The minimum Gasteiger partial charge on any atom is -0.467 e. The summed E-state index contributed by atoms with van der Waals surface area (Å²) in [7, 11) is 1.39. The SMILES string of the molecule is CCNC(C(=O)OC)(c1cccs1)c1ccccc1Cl.Cl. The number of carbonyl (C=O) groups excluding carboxylic acids is 1. The van der Waals surface area contributed by atoms with Gasteiger partial charge in [-0.3, -0.25) is 5.32 Å². The van der Waals surface area contributed by atoms with Crippen LogP contribution in [0.3, 0.4) is 0 Å². The molecule has 0 amide bonds. The number of methoxy groups -OCH3 is 1. The van der Waals surface area contributed by atoms with Crippen molar-refractivity contribution in [2.75, 3.05) is 13.7 Å². The first kappa shape index (κ1) is 18.0. The van der Waals surface area contributed by atoms with Gasteiger partial charge in [0.05, 0.1) is 7.11 Å². The maximum Gasteiger partial charge on any atom is 0.336 e. The largest absolute Gasteiger partial charge is 0.467 e. The van der Waals surface area contributed by atoms with Crippen LogP contribution in [-0.4, -0.2) is 19.6 Å². The quantitative estimate of drug-likeness (QED) is 0.836. The lowest BCUT2D eigenvalue weighted by molar-refractivity contribution is -0.147. The fourth-order valence-corrected chi connectivity index (χ4v) is 3.45. The van der Waals surface area contributed by atoms with E-state index in [-0.39, 0.29) is 18.4 Å². The molecule has 0 aliphatic carbocycles. The first-order valence-corrected chi connectivity index (χ1v) is 7.55. The molecule has 3 nitrogen and oxygen atoms in total. The number of thiophene rings is 1. The molecule has 1 N–H and O–H groups in total. The summed E-state index contributed by atoms with van der Waals surface area (Å²) < 4.78 is 5.05. The second kappa shape index (κ2) is 7.80. The van der Waals surface area contributed by atoms with Crippen molar-refractivity contribution in [2.24, 2.45) is 0 Å². The Morgan fingerprint density at radius 1 is 1.33 bits per heavy atom. The lowest BCUT2D eigenvalue weighted by Gasteiger charge is -2.32. The molecule has 0 radical (unpaired) electrons. The summed E-state index contributed by atoms with van der Waals surface area (Å²) in [5, 5.41) is 5.72. The van der Waals surface area contributed by atoms with Crippen LogP contribution in [0.5, 0.6) is 0 Å². The van der Waals surface area contributed by atoms with Gasteiger partial charge in [0.25, 0.3) is 0 Å². The fourth-order valence-electron chi connectivity index (χ4n) is 2.27. The van der Waals surface area contributed by atoms with E-state index in [1.54, 1.807) is 6.07 Å². The van der Waals surface area contributed by atoms with Gasteiger partial charge >= 0.3 is 5.97 Å². The average molecular weight is 346 g/mol. The van der Waals surface area contributed by atoms with Gasteiger partial charge in [-0.15, -0.1) is 23.7 Å². The van der Waals surface area contributed by atoms with E-state index >= 15 is 0 Å². The lowest BCUT2D eigenvalue weighted by atomic mass is 9.88. The summed E-state index contributed by atoms with van der Waals surface area (Å²) in [4.78, 5) is 13.4. The van der Waals surface area contributed by atoms with Gasteiger partial charge in [-0.25, -0.2) is 4.79 Å². The highest BCUT2D eigenvalue weighted by molar-refractivity contribution is 7.10. The van der Waals surface area contributed by atoms with Gasteiger partial charge in [-0.1, -0.05) is 42.8 Å². The van der Waals surface area contributed by atoms with E-state index in [9.17, 15) is 4.79 Å².